The summed E-state index contributed by atoms with van der Waals surface area (Å²) in [6, 6.07) is 4.19. The number of hydrogen-bond acceptors (Lipinski definition) is 4. The van der Waals surface area contributed by atoms with Crippen molar-refractivity contribution in [2.45, 2.75) is 6.18 Å². The van der Waals surface area contributed by atoms with E-state index in [-0.39, 0.29) is 11.3 Å². The molecule has 1 N–H and O–H groups in total. The molecule has 0 aliphatic carbocycles. The number of rotatable bonds is 2. The van der Waals surface area contributed by atoms with Gasteiger partial charge in [0.1, 0.15) is 5.56 Å². The van der Waals surface area contributed by atoms with Gasteiger partial charge in [0.05, 0.1) is 11.3 Å². The molecule has 6 nitrogen and oxygen atoms in total. The van der Waals surface area contributed by atoms with Crippen LogP contribution >= 0.6 is 0 Å². The van der Waals surface area contributed by atoms with Crippen molar-refractivity contribution in [3.63, 3.8) is 0 Å². The van der Waals surface area contributed by atoms with E-state index >= 15 is 0 Å². The number of nitrogens with zero attached hydrogens (tertiary/aromatic N) is 3. The smallest absolute Gasteiger partial charge is 0.416 e. The largest absolute Gasteiger partial charge is 0.494 e. The maximum Gasteiger partial charge on any atom is 0.416 e. The fourth-order valence-corrected chi connectivity index (χ4v) is 1.87. The van der Waals surface area contributed by atoms with Crippen molar-refractivity contribution in [1.29, 1.82) is 0 Å². The second kappa shape index (κ2) is 5.75. The molecule has 0 amide bonds. The number of hydrogen-bond donors (Lipinski definition) is 1. The van der Waals surface area contributed by atoms with Crippen molar-refractivity contribution in [1.82, 2.24) is 9.13 Å². The zero-order valence-corrected chi connectivity index (χ0v) is 12.1. The van der Waals surface area contributed by atoms with Crippen LogP contribution in [-0.4, -0.2) is 20.5 Å². The highest BCUT2D eigenvalue weighted by molar-refractivity contribution is 5.84. The summed E-state index contributed by atoms with van der Waals surface area (Å²) in [5.41, 5.74) is -2.77. The van der Waals surface area contributed by atoms with Gasteiger partial charge >= 0.3 is 11.9 Å². The average molecular weight is 327 g/mol. The Morgan fingerprint density at radius 1 is 1.17 bits per heavy atom. The molecule has 1 heterocycles. The van der Waals surface area contributed by atoms with Gasteiger partial charge in [0.15, 0.2) is 0 Å². The Labute approximate surface area is 127 Å². The van der Waals surface area contributed by atoms with Gasteiger partial charge in [-0.3, -0.25) is 18.9 Å². The minimum absolute atomic E-state index is 0.0462. The quantitative estimate of drug-likeness (QED) is 0.851. The Morgan fingerprint density at radius 2 is 1.83 bits per heavy atom. The molecule has 2 aromatic rings. The molecule has 0 unspecified atom stereocenters. The van der Waals surface area contributed by atoms with Gasteiger partial charge in [-0.1, -0.05) is 6.07 Å². The molecule has 0 fully saturated rings. The van der Waals surface area contributed by atoms with Crippen molar-refractivity contribution in [3.8, 4) is 5.88 Å². The van der Waals surface area contributed by atoms with Crippen molar-refractivity contribution in [2.75, 3.05) is 0 Å². The van der Waals surface area contributed by atoms with Crippen LogP contribution in [0.3, 0.4) is 0 Å². The molecule has 23 heavy (non-hydrogen) atoms. The highest BCUT2D eigenvalue weighted by Crippen LogP contribution is 2.31. The Kier molecular flexibility index (Phi) is 4.13. The van der Waals surface area contributed by atoms with E-state index in [9.17, 15) is 27.9 Å². The summed E-state index contributed by atoms with van der Waals surface area (Å²) >= 11 is 0. The minimum Gasteiger partial charge on any atom is -0.494 e. The SMILES string of the molecule is Cn1c(O)c(C=Nc2cccc(C(F)(F)F)c2)c(=O)n(C)c1=O. The monoisotopic (exact) mass is 327 g/mol. The van der Waals surface area contributed by atoms with E-state index in [1.807, 2.05) is 0 Å². The second-order valence-corrected chi connectivity index (χ2v) is 4.75. The van der Waals surface area contributed by atoms with Crippen LogP contribution in [0.2, 0.25) is 0 Å². The van der Waals surface area contributed by atoms with E-state index in [1.54, 1.807) is 0 Å². The van der Waals surface area contributed by atoms with Crippen molar-refractivity contribution < 1.29 is 18.3 Å². The van der Waals surface area contributed by atoms with E-state index < -0.39 is 28.9 Å². The molecule has 0 aliphatic heterocycles. The van der Waals surface area contributed by atoms with Crippen LogP contribution in [0, 0.1) is 0 Å². The molecule has 0 atom stereocenters. The molecular weight excluding hydrogens is 315 g/mol. The summed E-state index contributed by atoms with van der Waals surface area (Å²) in [5, 5.41) is 9.82. The van der Waals surface area contributed by atoms with Gasteiger partial charge in [0.25, 0.3) is 5.56 Å². The Balaban J connectivity index is 2.51. The Morgan fingerprint density at radius 3 is 2.43 bits per heavy atom. The summed E-state index contributed by atoms with van der Waals surface area (Å²) in [5.74, 6) is -0.617. The average Bonchev–Trinajstić information content (AvgIpc) is 2.50. The molecule has 0 radical (unpaired) electrons. The molecule has 1 aromatic carbocycles. The van der Waals surface area contributed by atoms with Crippen LogP contribution in [0.15, 0.2) is 38.8 Å². The van der Waals surface area contributed by atoms with Gasteiger partial charge in [-0.25, -0.2) is 4.79 Å². The third-order valence-corrected chi connectivity index (χ3v) is 3.18. The van der Waals surface area contributed by atoms with E-state index in [0.717, 1.165) is 27.5 Å². The van der Waals surface area contributed by atoms with Gasteiger partial charge < -0.3 is 5.11 Å². The van der Waals surface area contributed by atoms with Crippen LogP contribution in [0.25, 0.3) is 0 Å². The number of aliphatic imine (C=N–C) groups is 1. The van der Waals surface area contributed by atoms with Gasteiger partial charge in [0, 0.05) is 20.3 Å². The zero-order valence-electron chi connectivity index (χ0n) is 12.1. The lowest BCUT2D eigenvalue weighted by Gasteiger charge is -2.08. The highest BCUT2D eigenvalue weighted by atomic mass is 19.4. The summed E-state index contributed by atoms with van der Waals surface area (Å²) in [6.07, 6.45) is -3.59. The number of halogens is 3. The predicted molar refractivity (Wildman–Crippen MR) is 77.3 cm³/mol. The van der Waals surface area contributed by atoms with Gasteiger partial charge in [-0.15, -0.1) is 0 Å². The second-order valence-electron chi connectivity index (χ2n) is 4.75. The van der Waals surface area contributed by atoms with Crippen LogP contribution in [0.5, 0.6) is 5.88 Å². The van der Waals surface area contributed by atoms with Gasteiger partial charge in [0.2, 0.25) is 5.88 Å². The summed E-state index contributed by atoms with van der Waals surface area (Å²) < 4.78 is 39.5. The van der Waals surface area contributed by atoms with Crippen LogP contribution in [0.4, 0.5) is 18.9 Å². The van der Waals surface area contributed by atoms with Crippen molar-refractivity contribution in [3.05, 3.63) is 56.2 Å². The number of benzene rings is 1. The van der Waals surface area contributed by atoms with E-state index in [0.29, 0.717) is 0 Å². The first-order valence-corrected chi connectivity index (χ1v) is 6.33. The predicted octanol–water partition coefficient (Wildman–Crippen LogP) is 1.56. The molecule has 0 saturated heterocycles. The van der Waals surface area contributed by atoms with Gasteiger partial charge in [-0.2, -0.15) is 13.2 Å². The molecule has 2 rings (SSSR count). The summed E-state index contributed by atoms with van der Waals surface area (Å²) in [7, 11) is 2.46. The maximum atomic E-state index is 12.6. The maximum absolute atomic E-state index is 12.6. The molecule has 0 aliphatic rings. The lowest BCUT2D eigenvalue weighted by Crippen LogP contribution is -2.38. The number of aromatic nitrogens is 2. The third-order valence-electron chi connectivity index (χ3n) is 3.18. The molecule has 122 valence electrons. The minimum atomic E-state index is -4.51. The molecule has 0 bridgehead atoms. The third kappa shape index (κ3) is 3.17. The fraction of sp³-hybridized carbons (Fsp3) is 0.214. The highest BCUT2D eigenvalue weighted by Gasteiger charge is 2.30. The van der Waals surface area contributed by atoms with Crippen LogP contribution < -0.4 is 11.2 Å². The molecule has 0 saturated carbocycles. The van der Waals surface area contributed by atoms with Crippen molar-refractivity contribution >= 4 is 11.9 Å². The first-order valence-electron chi connectivity index (χ1n) is 6.33. The van der Waals surface area contributed by atoms with Crippen molar-refractivity contribution in [2.24, 2.45) is 19.1 Å². The summed E-state index contributed by atoms with van der Waals surface area (Å²) in [4.78, 5) is 27.3. The summed E-state index contributed by atoms with van der Waals surface area (Å²) in [6.45, 7) is 0. The first-order chi connectivity index (χ1) is 10.6. The number of aromatic hydroxyl groups is 1. The first kappa shape index (κ1) is 16.5. The van der Waals surface area contributed by atoms with Crippen LogP contribution in [-0.2, 0) is 20.3 Å². The molecule has 1 aromatic heterocycles. The standard InChI is InChI=1S/C14H12F3N3O3/c1-19-11(21)10(12(22)20(2)13(19)23)7-18-9-5-3-4-8(6-9)14(15,16)17/h3-7,21H,1-2H3. The van der Waals surface area contributed by atoms with Gasteiger partial charge in [-0.05, 0) is 18.2 Å². The fourth-order valence-electron chi connectivity index (χ4n) is 1.87. The lowest BCUT2D eigenvalue weighted by atomic mass is 10.2. The molecule has 0 spiro atoms. The van der Waals surface area contributed by atoms with E-state index in [4.69, 9.17) is 0 Å². The lowest BCUT2D eigenvalue weighted by molar-refractivity contribution is -0.137. The Hall–Kier alpha value is -2.84. The number of alkyl halides is 3. The Bertz CT molecular complexity index is 895. The zero-order chi connectivity index (χ0) is 17.4. The normalized spacial score (nSPS) is 12.0. The van der Waals surface area contributed by atoms with Crippen LogP contribution in [0.1, 0.15) is 11.1 Å². The topological polar surface area (TPSA) is 76.6 Å². The molecular formula is C14H12F3N3O3. The molecule has 9 heteroatoms. The van der Waals surface area contributed by atoms with E-state index in [1.165, 1.54) is 26.2 Å². The van der Waals surface area contributed by atoms with E-state index in [2.05, 4.69) is 4.99 Å².